The summed E-state index contributed by atoms with van der Waals surface area (Å²) in [6.45, 7) is 4.43. The minimum atomic E-state index is 0.481. The van der Waals surface area contributed by atoms with Crippen LogP contribution < -0.4 is 0 Å². The summed E-state index contributed by atoms with van der Waals surface area (Å²) in [5, 5.41) is 0. The summed E-state index contributed by atoms with van der Waals surface area (Å²) < 4.78 is 0. The Morgan fingerprint density at radius 2 is 1.52 bits per heavy atom. The monoisotopic (exact) mass is 274 g/mol. The quantitative estimate of drug-likeness (QED) is 0.676. The number of nitrogens with zero attached hydrogens (tertiary/aromatic N) is 2. The zero-order valence-corrected chi connectivity index (χ0v) is 12.3. The second-order valence-electron chi connectivity index (χ2n) is 5.45. The lowest BCUT2D eigenvalue weighted by Gasteiger charge is -2.12. The van der Waals surface area contributed by atoms with E-state index in [-0.39, 0.29) is 0 Å². The predicted octanol–water partition coefficient (Wildman–Crippen LogP) is 4.93. The molecule has 0 saturated heterocycles. The molecule has 0 aliphatic rings. The van der Waals surface area contributed by atoms with E-state index in [9.17, 15) is 0 Å². The van der Waals surface area contributed by atoms with Crippen molar-refractivity contribution < 1.29 is 0 Å². The average molecular weight is 274 g/mol. The highest BCUT2D eigenvalue weighted by molar-refractivity contribution is 5.72. The maximum Gasteiger partial charge on any atom is 0.0702 e. The number of hydrogen-bond acceptors (Lipinski definition) is 2. The molecule has 0 aliphatic heterocycles. The lowest BCUT2D eigenvalue weighted by atomic mass is 9.94. The van der Waals surface area contributed by atoms with Gasteiger partial charge in [0.05, 0.1) is 5.69 Å². The van der Waals surface area contributed by atoms with Crippen LogP contribution in [0.15, 0.2) is 67.1 Å². The van der Waals surface area contributed by atoms with Gasteiger partial charge in [-0.3, -0.25) is 9.97 Å². The second kappa shape index (κ2) is 5.88. The standard InChI is InChI=1S/C19H18N2/c1-14(2)16-11-17(15-6-9-20-10-7-15)13-18(12-16)19-5-3-4-8-21-19/h3-14H,1-2H3. The summed E-state index contributed by atoms with van der Waals surface area (Å²) in [7, 11) is 0. The first-order chi connectivity index (χ1) is 10.2. The van der Waals surface area contributed by atoms with Crippen molar-refractivity contribution in [3.05, 3.63) is 72.7 Å². The number of rotatable bonds is 3. The van der Waals surface area contributed by atoms with Gasteiger partial charge in [0.25, 0.3) is 0 Å². The molecule has 0 atom stereocenters. The predicted molar refractivity (Wildman–Crippen MR) is 87.0 cm³/mol. The van der Waals surface area contributed by atoms with Gasteiger partial charge < -0.3 is 0 Å². The molecule has 0 aliphatic carbocycles. The zero-order chi connectivity index (χ0) is 14.7. The first-order valence-electron chi connectivity index (χ1n) is 7.21. The first-order valence-corrected chi connectivity index (χ1v) is 7.21. The van der Waals surface area contributed by atoms with Crippen molar-refractivity contribution >= 4 is 0 Å². The van der Waals surface area contributed by atoms with Crippen LogP contribution in [0.2, 0.25) is 0 Å². The van der Waals surface area contributed by atoms with Crippen LogP contribution in [0.25, 0.3) is 22.4 Å². The highest BCUT2D eigenvalue weighted by Crippen LogP contribution is 2.29. The number of aromatic nitrogens is 2. The molecule has 0 spiro atoms. The molecule has 3 rings (SSSR count). The maximum atomic E-state index is 4.47. The molecule has 104 valence electrons. The Balaban J connectivity index is 2.16. The third kappa shape index (κ3) is 3.00. The van der Waals surface area contributed by atoms with Crippen LogP contribution in [0.1, 0.15) is 25.3 Å². The normalized spacial score (nSPS) is 10.8. The van der Waals surface area contributed by atoms with Crippen molar-refractivity contribution in [1.29, 1.82) is 0 Å². The molecule has 0 bridgehead atoms. The fourth-order valence-electron chi connectivity index (χ4n) is 2.38. The van der Waals surface area contributed by atoms with E-state index < -0.39 is 0 Å². The van der Waals surface area contributed by atoms with Crippen LogP contribution in [0.3, 0.4) is 0 Å². The van der Waals surface area contributed by atoms with Gasteiger partial charge in [-0.1, -0.05) is 26.0 Å². The summed E-state index contributed by atoms with van der Waals surface area (Å²) >= 11 is 0. The Morgan fingerprint density at radius 1 is 0.762 bits per heavy atom. The average Bonchev–Trinajstić information content (AvgIpc) is 2.56. The van der Waals surface area contributed by atoms with Gasteiger partial charge in [-0.25, -0.2) is 0 Å². The van der Waals surface area contributed by atoms with Crippen LogP contribution in [-0.2, 0) is 0 Å². The van der Waals surface area contributed by atoms with Gasteiger partial charge in [-0.2, -0.15) is 0 Å². The summed E-state index contributed by atoms with van der Waals surface area (Å²) in [5.74, 6) is 0.481. The Bertz CT molecular complexity index is 661. The molecular formula is C19H18N2. The van der Waals surface area contributed by atoms with Crippen molar-refractivity contribution in [3.8, 4) is 22.4 Å². The largest absolute Gasteiger partial charge is 0.265 e. The summed E-state index contributed by atoms with van der Waals surface area (Å²) in [4.78, 5) is 8.57. The molecule has 0 unspecified atom stereocenters. The fraction of sp³-hybridized carbons (Fsp3) is 0.158. The minimum absolute atomic E-state index is 0.481. The highest BCUT2D eigenvalue weighted by Gasteiger charge is 2.08. The lowest BCUT2D eigenvalue weighted by molar-refractivity contribution is 0.867. The van der Waals surface area contributed by atoms with Crippen molar-refractivity contribution in [1.82, 2.24) is 9.97 Å². The van der Waals surface area contributed by atoms with E-state index in [1.807, 2.05) is 42.9 Å². The molecule has 2 heterocycles. The fourth-order valence-corrected chi connectivity index (χ4v) is 2.38. The third-order valence-corrected chi connectivity index (χ3v) is 3.60. The van der Waals surface area contributed by atoms with Crippen LogP contribution in [0, 0.1) is 0 Å². The van der Waals surface area contributed by atoms with Gasteiger partial charge in [0, 0.05) is 24.2 Å². The lowest BCUT2D eigenvalue weighted by Crippen LogP contribution is -1.92. The third-order valence-electron chi connectivity index (χ3n) is 3.60. The summed E-state index contributed by atoms with van der Waals surface area (Å²) in [5.41, 5.74) is 5.89. The molecule has 0 radical (unpaired) electrons. The van der Waals surface area contributed by atoms with Crippen LogP contribution in [-0.4, -0.2) is 9.97 Å². The van der Waals surface area contributed by atoms with E-state index in [1.165, 1.54) is 16.7 Å². The molecule has 3 aromatic rings. The van der Waals surface area contributed by atoms with Crippen molar-refractivity contribution in [2.24, 2.45) is 0 Å². The van der Waals surface area contributed by atoms with Gasteiger partial charge in [-0.05, 0) is 59.0 Å². The van der Waals surface area contributed by atoms with Gasteiger partial charge in [0.15, 0.2) is 0 Å². The minimum Gasteiger partial charge on any atom is -0.265 e. The van der Waals surface area contributed by atoms with Gasteiger partial charge in [0.1, 0.15) is 0 Å². The van der Waals surface area contributed by atoms with Crippen molar-refractivity contribution in [2.45, 2.75) is 19.8 Å². The Kier molecular flexibility index (Phi) is 3.78. The topological polar surface area (TPSA) is 25.8 Å². The van der Waals surface area contributed by atoms with Gasteiger partial charge in [0.2, 0.25) is 0 Å². The first kappa shape index (κ1) is 13.5. The molecule has 2 heteroatoms. The number of hydrogen-bond donors (Lipinski definition) is 0. The second-order valence-corrected chi connectivity index (χ2v) is 5.45. The maximum absolute atomic E-state index is 4.47. The van der Waals surface area contributed by atoms with Gasteiger partial charge in [-0.15, -0.1) is 0 Å². The Labute approximate surface area is 125 Å². The van der Waals surface area contributed by atoms with E-state index in [4.69, 9.17) is 0 Å². The van der Waals surface area contributed by atoms with Gasteiger partial charge >= 0.3 is 0 Å². The Hall–Kier alpha value is -2.48. The smallest absolute Gasteiger partial charge is 0.0702 e. The molecule has 21 heavy (non-hydrogen) atoms. The molecule has 0 saturated carbocycles. The molecule has 0 amide bonds. The summed E-state index contributed by atoms with van der Waals surface area (Å²) in [6.07, 6.45) is 5.50. The van der Waals surface area contributed by atoms with E-state index >= 15 is 0 Å². The SMILES string of the molecule is CC(C)c1cc(-c2ccncc2)cc(-c2ccccn2)c1. The molecule has 2 nitrogen and oxygen atoms in total. The van der Waals surface area contributed by atoms with Crippen molar-refractivity contribution in [3.63, 3.8) is 0 Å². The highest BCUT2D eigenvalue weighted by atomic mass is 14.7. The molecule has 0 N–H and O–H groups in total. The Morgan fingerprint density at radius 3 is 2.19 bits per heavy atom. The van der Waals surface area contributed by atoms with E-state index in [1.54, 1.807) is 0 Å². The number of benzene rings is 1. The van der Waals surface area contributed by atoms with Crippen LogP contribution in [0.5, 0.6) is 0 Å². The van der Waals surface area contributed by atoms with Crippen LogP contribution >= 0.6 is 0 Å². The van der Waals surface area contributed by atoms with Crippen molar-refractivity contribution in [2.75, 3.05) is 0 Å². The summed E-state index contributed by atoms with van der Waals surface area (Å²) in [6, 6.07) is 16.8. The molecule has 0 fully saturated rings. The number of pyridine rings is 2. The zero-order valence-electron chi connectivity index (χ0n) is 12.3. The molecule has 2 aromatic heterocycles. The molecular weight excluding hydrogens is 256 g/mol. The van der Waals surface area contributed by atoms with E-state index in [2.05, 4.69) is 48.1 Å². The van der Waals surface area contributed by atoms with Crippen LogP contribution in [0.4, 0.5) is 0 Å². The molecule has 1 aromatic carbocycles. The van der Waals surface area contributed by atoms with E-state index in [0.29, 0.717) is 5.92 Å². The van der Waals surface area contributed by atoms with E-state index in [0.717, 1.165) is 11.3 Å².